The molecule has 1 saturated heterocycles. The summed E-state index contributed by atoms with van der Waals surface area (Å²) >= 11 is 5.73. The maximum absolute atomic E-state index is 13.4. The van der Waals surface area contributed by atoms with E-state index in [2.05, 4.69) is 5.32 Å². The van der Waals surface area contributed by atoms with Crippen molar-refractivity contribution in [1.82, 2.24) is 4.31 Å². The second-order valence-corrected chi connectivity index (χ2v) is 9.91. The Bertz CT molecular complexity index is 1050. The Labute approximate surface area is 187 Å². The number of benzene rings is 2. The molecule has 0 radical (unpaired) electrons. The monoisotopic (exact) mass is 468 g/mol. The Kier molecular flexibility index (Phi) is 7.56. The van der Waals surface area contributed by atoms with Gasteiger partial charge >= 0.3 is 0 Å². The molecule has 1 heterocycles. The quantitative estimate of drug-likeness (QED) is 0.643. The summed E-state index contributed by atoms with van der Waals surface area (Å²) in [5.41, 5.74) is 1.61. The minimum atomic E-state index is -3.79. The average Bonchev–Trinajstić information content (AvgIpc) is 2.75. The van der Waals surface area contributed by atoms with E-state index in [1.165, 1.54) is 10.4 Å². The lowest BCUT2D eigenvalue weighted by Crippen LogP contribution is -2.41. The first kappa shape index (κ1) is 23.5. The highest BCUT2D eigenvalue weighted by atomic mass is 35.5. The van der Waals surface area contributed by atoms with Crippen molar-refractivity contribution in [2.75, 3.05) is 25.0 Å². The van der Waals surface area contributed by atoms with Gasteiger partial charge in [0, 0.05) is 24.7 Å². The second-order valence-electron chi connectivity index (χ2n) is 7.57. The van der Waals surface area contributed by atoms with Crippen LogP contribution < -0.4 is 10.1 Å². The van der Waals surface area contributed by atoms with E-state index in [4.69, 9.17) is 16.3 Å². The summed E-state index contributed by atoms with van der Waals surface area (Å²) in [6.07, 6.45) is 1.72. The normalized spacial score (nSPS) is 15.6. The van der Waals surface area contributed by atoms with Gasteiger partial charge in [-0.3, -0.25) is 4.79 Å². The molecule has 0 unspecified atom stereocenters. The van der Waals surface area contributed by atoms with Gasteiger partial charge in [0.15, 0.2) is 0 Å². The van der Waals surface area contributed by atoms with Crippen LogP contribution in [-0.4, -0.2) is 38.3 Å². The zero-order valence-corrected chi connectivity index (χ0v) is 19.1. The smallest absolute Gasteiger partial charge is 0.243 e. The van der Waals surface area contributed by atoms with Crippen molar-refractivity contribution in [3.05, 3.63) is 52.8 Å². The molecule has 1 fully saturated rings. The minimum absolute atomic E-state index is 0.0530. The molecule has 1 amide bonds. The molecule has 0 atom stereocenters. The fraction of sp³-hybridized carbons (Fsp3) is 0.409. The second kappa shape index (κ2) is 9.97. The van der Waals surface area contributed by atoms with Crippen molar-refractivity contribution >= 4 is 33.2 Å². The summed E-state index contributed by atoms with van der Waals surface area (Å²) < 4.78 is 45.9. The summed E-state index contributed by atoms with van der Waals surface area (Å²) in [4.78, 5) is 12.7. The van der Waals surface area contributed by atoms with Crippen molar-refractivity contribution in [3.8, 4) is 5.75 Å². The summed E-state index contributed by atoms with van der Waals surface area (Å²) in [6.45, 7) is 4.98. The van der Waals surface area contributed by atoms with E-state index in [1.807, 2.05) is 32.0 Å². The van der Waals surface area contributed by atoms with E-state index >= 15 is 0 Å². The van der Waals surface area contributed by atoms with Crippen LogP contribution in [0.15, 0.2) is 41.3 Å². The molecule has 0 aromatic heterocycles. The molecule has 9 heteroatoms. The minimum Gasteiger partial charge on any atom is -0.494 e. The van der Waals surface area contributed by atoms with Crippen LogP contribution in [0.1, 0.15) is 31.7 Å². The van der Waals surface area contributed by atoms with Gasteiger partial charge in [0.25, 0.3) is 0 Å². The molecule has 2 aromatic carbocycles. The molecule has 1 aliphatic rings. The van der Waals surface area contributed by atoms with Crippen molar-refractivity contribution in [3.63, 3.8) is 0 Å². The van der Waals surface area contributed by atoms with Crippen LogP contribution in [0.4, 0.5) is 10.1 Å². The highest BCUT2D eigenvalue weighted by Crippen LogP contribution is 2.28. The van der Waals surface area contributed by atoms with E-state index in [-0.39, 0.29) is 34.8 Å². The first-order valence-electron chi connectivity index (χ1n) is 10.2. The number of aryl methyl sites for hydroxylation is 1. The summed E-state index contributed by atoms with van der Waals surface area (Å²) in [6, 6.07) is 8.87. The SMILES string of the molecule is CCCOc1ccc(NC(=O)C2CCN(S(=O)(=O)c3ccc(F)c(Cl)c3)CC2)c(C)c1. The highest BCUT2D eigenvalue weighted by molar-refractivity contribution is 7.89. The van der Waals surface area contributed by atoms with Gasteiger partial charge in [-0.15, -0.1) is 0 Å². The number of sulfonamides is 1. The number of rotatable bonds is 7. The third-order valence-electron chi connectivity index (χ3n) is 5.28. The molecule has 1 N–H and O–H groups in total. The summed E-state index contributed by atoms with van der Waals surface area (Å²) in [5, 5.41) is 2.70. The van der Waals surface area contributed by atoms with E-state index in [1.54, 1.807) is 0 Å². The molecule has 0 spiro atoms. The molecule has 0 aliphatic carbocycles. The molecule has 0 bridgehead atoms. The molecular weight excluding hydrogens is 443 g/mol. The van der Waals surface area contributed by atoms with Crippen LogP contribution in [0, 0.1) is 18.7 Å². The van der Waals surface area contributed by atoms with Gasteiger partial charge in [-0.25, -0.2) is 12.8 Å². The van der Waals surface area contributed by atoms with Gasteiger partial charge in [-0.2, -0.15) is 4.31 Å². The molecule has 6 nitrogen and oxygen atoms in total. The van der Waals surface area contributed by atoms with E-state index in [9.17, 15) is 17.6 Å². The zero-order valence-electron chi connectivity index (χ0n) is 17.5. The molecule has 1 aliphatic heterocycles. The third kappa shape index (κ3) is 5.56. The molecule has 3 rings (SSSR count). The number of carbonyl (C=O) groups excluding carboxylic acids is 1. The summed E-state index contributed by atoms with van der Waals surface area (Å²) in [7, 11) is -3.79. The van der Waals surface area contributed by atoms with E-state index in [0.717, 1.165) is 29.9 Å². The van der Waals surface area contributed by atoms with Gasteiger partial charge < -0.3 is 10.1 Å². The maximum Gasteiger partial charge on any atom is 0.243 e. The van der Waals surface area contributed by atoms with Crippen LogP contribution in [0.2, 0.25) is 5.02 Å². The zero-order chi connectivity index (χ0) is 22.6. The van der Waals surface area contributed by atoms with Crippen LogP contribution in [0.3, 0.4) is 0 Å². The van der Waals surface area contributed by atoms with Crippen molar-refractivity contribution < 1.29 is 22.3 Å². The standard InChI is InChI=1S/C22H26ClFN2O4S/c1-3-12-30-17-4-7-21(15(2)13-17)25-22(27)16-8-10-26(11-9-16)31(28,29)18-5-6-20(24)19(23)14-18/h4-7,13-14,16H,3,8-12H2,1-2H3,(H,25,27). The van der Waals surface area contributed by atoms with E-state index < -0.39 is 15.8 Å². The lowest BCUT2D eigenvalue weighted by atomic mass is 9.97. The Morgan fingerprint density at radius 2 is 1.94 bits per heavy atom. The average molecular weight is 469 g/mol. The van der Waals surface area contributed by atoms with Crippen molar-refractivity contribution in [2.45, 2.75) is 38.0 Å². The molecule has 31 heavy (non-hydrogen) atoms. The van der Waals surface area contributed by atoms with Crippen LogP contribution in [-0.2, 0) is 14.8 Å². The fourth-order valence-corrected chi connectivity index (χ4v) is 5.21. The number of anilines is 1. The fourth-order valence-electron chi connectivity index (χ4n) is 3.47. The Hall–Kier alpha value is -2.16. The lowest BCUT2D eigenvalue weighted by Gasteiger charge is -2.30. The van der Waals surface area contributed by atoms with Gasteiger partial charge in [0.1, 0.15) is 11.6 Å². The first-order valence-corrected chi connectivity index (χ1v) is 12.0. The molecule has 2 aromatic rings. The number of amides is 1. The predicted molar refractivity (Wildman–Crippen MR) is 118 cm³/mol. The van der Waals surface area contributed by atoms with Gasteiger partial charge in [-0.05, 0) is 68.1 Å². The number of carbonyl (C=O) groups is 1. The van der Waals surface area contributed by atoms with Gasteiger partial charge in [-0.1, -0.05) is 18.5 Å². The highest BCUT2D eigenvalue weighted by Gasteiger charge is 2.32. The van der Waals surface area contributed by atoms with Crippen LogP contribution in [0.5, 0.6) is 5.75 Å². The Morgan fingerprint density at radius 3 is 2.55 bits per heavy atom. The molecule has 168 valence electrons. The number of ether oxygens (including phenoxy) is 1. The maximum atomic E-state index is 13.4. The number of halogens is 2. The number of nitrogens with zero attached hydrogens (tertiary/aromatic N) is 1. The van der Waals surface area contributed by atoms with Crippen molar-refractivity contribution in [2.24, 2.45) is 5.92 Å². The van der Waals surface area contributed by atoms with Crippen LogP contribution in [0.25, 0.3) is 0 Å². The lowest BCUT2D eigenvalue weighted by molar-refractivity contribution is -0.120. The van der Waals surface area contributed by atoms with Gasteiger partial charge in [0.05, 0.1) is 16.5 Å². The topological polar surface area (TPSA) is 75.7 Å². The van der Waals surface area contributed by atoms with Crippen molar-refractivity contribution in [1.29, 1.82) is 0 Å². The van der Waals surface area contributed by atoms with E-state index in [0.29, 0.717) is 25.1 Å². The number of hydrogen-bond donors (Lipinski definition) is 1. The number of hydrogen-bond acceptors (Lipinski definition) is 4. The molecular formula is C22H26ClFN2O4S. The first-order chi connectivity index (χ1) is 14.7. The molecule has 0 saturated carbocycles. The largest absolute Gasteiger partial charge is 0.494 e. The van der Waals surface area contributed by atoms with Gasteiger partial charge in [0.2, 0.25) is 15.9 Å². The Balaban J connectivity index is 1.60. The Morgan fingerprint density at radius 1 is 1.23 bits per heavy atom. The number of nitrogens with one attached hydrogen (secondary N) is 1. The predicted octanol–water partition coefficient (Wildman–Crippen LogP) is 4.62. The summed E-state index contributed by atoms with van der Waals surface area (Å²) in [5.74, 6) is -0.334. The third-order valence-corrected chi connectivity index (χ3v) is 7.47. The number of piperidine rings is 1. The van der Waals surface area contributed by atoms with Crippen LogP contribution >= 0.6 is 11.6 Å².